The average molecular weight is 364 g/mol. The molecule has 1 aliphatic heterocycles. The third-order valence-electron chi connectivity index (χ3n) is 3.21. The second-order valence-electron chi connectivity index (χ2n) is 6.15. The molecular formula is C15H20ClF2N3OS. The molecule has 0 saturated carbocycles. The number of nitrogens with zero attached hydrogens (tertiary/aromatic N) is 3. The van der Waals surface area contributed by atoms with Gasteiger partial charge in [-0.25, -0.2) is 8.78 Å². The normalized spacial score (nSPS) is 17.3. The number of aromatic nitrogens is 2. The monoisotopic (exact) mass is 363 g/mol. The van der Waals surface area contributed by atoms with Gasteiger partial charge in [-0.05, 0) is 27.7 Å². The van der Waals surface area contributed by atoms with Crippen molar-refractivity contribution in [1.82, 2.24) is 9.78 Å². The molecule has 0 spiro atoms. The van der Waals surface area contributed by atoms with E-state index < -0.39 is 6.43 Å². The molecule has 23 heavy (non-hydrogen) atoms. The lowest BCUT2D eigenvalue weighted by atomic mass is 10.1. The summed E-state index contributed by atoms with van der Waals surface area (Å²) < 4.78 is 27.6. The molecule has 2 rings (SSSR count). The molecule has 1 aromatic rings. The molecule has 0 radical (unpaired) electrons. The number of hydrogen-bond donors (Lipinski definition) is 0. The van der Waals surface area contributed by atoms with E-state index in [1.165, 1.54) is 16.4 Å². The van der Waals surface area contributed by atoms with E-state index >= 15 is 0 Å². The Labute approximate surface area is 143 Å². The Morgan fingerprint density at radius 1 is 1.43 bits per heavy atom. The van der Waals surface area contributed by atoms with Gasteiger partial charge in [-0.15, -0.1) is 11.8 Å². The highest BCUT2D eigenvalue weighted by molar-refractivity contribution is 8.14. The zero-order chi connectivity index (χ0) is 17.2. The molecule has 0 amide bonds. The second-order valence-corrected chi connectivity index (χ2v) is 7.61. The summed E-state index contributed by atoms with van der Waals surface area (Å²) in [5.74, 6) is 0.601. The zero-order valence-electron chi connectivity index (χ0n) is 13.5. The molecule has 0 saturated heterocycles. The van der Waals surface area contributed by atoms with Crippen LogP contribution in [0.2, 0.25) is 5.15 Å². The van der Waals surface area contributed by atoms with Gasteiger partial charge in [0.05, 0.1) is 0 Å². The first kappa shape index (κ1) is 18.3. The van der Waals surface area contributed by atoms with Gasteiger partial charge in [0.1, 0.15) is 21.5 Å². The van der Waals surface area contributed by atoms with Gasteiger partial charge >= 0.3 is 0 Å². The van der Waals surface area contributed by atoms with E-state index in [0.29, 0.717) is 5.75 Å². The molecule has 0 atom stereocenters. The lowest BCUT2D eigenvalue weighted by Gasteiger charge is -2.12. The average Bonchev–Trinajstić information content (AvgIpc) is 2.95. The number of oxime groups is 1. The van der Waals surface area contributed by atoms with Crippen LogP contribution in [0, 0.1) is 0 Å². The van der Waals surface area contributed by atoms with Crippen LogP contribution in [-0.4, -0.2) is 26.2 Å². The van der Waals surface area contributed by atoms with Crippen molar-refractivity contribution < 1.29 is 13.6 Å². The summed E-state index contributed by atoms with van der Waals surface area (Å²) >= 11 is 7.70. The van der Waals surface area contributed by atoms with E-state index in [1.54, 1.807) is 12.2 Å². The number of hydrogen-bond acceptors (Lipinski definition) is 4. The third kappa shape index (κ3) is 4.47. The van der Waals surface area contributed by atoms with Gasteiger partial charge in [0, 0.05) is 23.8 Å². The van der Waals surface area contributed by atoms with Gasteiger partial charge in [0.2, 0.25) is 0 Å². The summed E-state index contributed by atoms with van der Waals surface area (Å²) in [6, 6.07) is -0.0799. The summed E-state index contributed by atoms with van der Waals surface area (Å²) in [7, 11) is 0. The number of rotatable bonds is 5. The minimum Gasteiger partial charge on any atom is -0.389 e. The maximum atomic E-state index is 13.1. The first-order valence-electron chi connectivity index (χ1n) is 7.31. The van der Waals surface area contributed by atoms with Crippen LogP contribution in [-0.2, 0) is 4.84 Å². The Bertz CT molecular complexity index is 626. The van der Waals surface area contributed by atoms with Gasteiger partial charge in [-0.3, -0.25) is 4.68 Å². The molecule has 128 valence electrons. The van der Waals surface area contributed by atoms with Crippen LogP contribution in [0.25, 0.3) is 6.08 Å². The Kier molecular flexibility index (Phi) is 5.73. The van der Waals surface area contributed by atoms with Crippen molar-refractivity contribution in [1.29, 1.82) is 0 Å². The van der Waals surface area contributed by atoms with Crippen LogP contribution in [0.15, 0.2) is 11.2 Å². The van der Waals surface area contributed by atoms with Crippen LogP contribution < -0.4 is 0 Å². The Balaban J connectivity index is 2.04. The van der Waals surface area contributed by atoms with Crippen molar-refractivity contribution >= 4 is 34.5 Å². The quantitative estimate of drug-likeness (QED) is 0.711. The highest BCUT2D eigenvalue weighted by Gasteiger charge is 2.28. The highest BCUT2D eigenvalue weighted by atomic mass is 35.5. The predicted molar refractivity (Wildman–Crippen MR) is 91.3 cm³/mol. The fourth-order valence-electron chi connectivity index (χ4n) is 2.09. The zero-order valence-corrected chi connectivity index (χ0v) is 15.1. The van der Waals surface area contributed by atoms with E-state index in [4.69, 9.17) is 16.4 Å². The maximum Gasteiger partial charge on any atom is 0.282 e. The molecule has 0 bridgehead atoms. The smallest absolute Gasteiger partial charge is 0.282 e. The standard InChI is InChI=1S/C15H20ClF2N3OS/c1-9(2)21-13(16)10(12(19-21)14(17)18)6-5-7-23-11-8-15(3,4)22-20-11/h5-6,9,14H,7-8H2,1-4H3. The van der Waals surface area contributed by atoms with E-state index in [1.807, 2.05) is 27.7 Å². The fraction of sp³-hybridized carbons (Fsp3) is 0.600. The summed E-state index contributed by atoms with van der Waals surface area (Å²) in [6.45, 7) is 7.62. The van der Waals surface area contributed by atoms with Crippen molar-refractivity contribution in [2.75, 3.05) is 5.75 Å². The Morgan fingerprint density at radius 3 is 2.65 bits per heavy atom. The van der Waals surface area contributed by atoms with Crippen LogP contribution >= 0.6 is 23.4 Å². The number of alkyl halides is 2. The van der Waals surface area contributed by atoms with Crippen molar-refractivity contribution in [3.05, 3.63) is 22.5 Å². The SMILES string of the molecule is CC(C)n1nc(C(F)F)c(C=CCSC2=NOC(C)(C)C2)c1Cl. The van der Waals surface area contributed by atoms with Gasteiger partial charge in [0.25, 0.3) is 6.43 Å². The summed E-state index contributed by atoms with van der Waals surface area (Å²) in [5, 5.41) is 9.06. The van der Waals surface area contributed by atoms with Crippen molar-refractivity contribution in [3.63, 3.8) is 0 Å². The van der Waals surface area contributed by atoms with E-state index in [9.17, 15) is 8.78 Å². The molecule has 0 N–H and O–H groups in total. The predicted octanol–water partition coefficient (Wildman–Crippen LogP) is 5.31. The van der Waals surface area contributed by atoms with Crippen LogP contribution in [0.5, 0.6) is 0 Å². The van der Waals surface area contributed by atoms with Crippen molar-refractivity contribution in [2.45, 2.75) is 52.2 Å². The minimum absolute atomic E-state index is 0.0799. The Hall–Kier alpha value is -1.08. The molecular weight excluding hydrogens is 344 g/mol. The summed E-state index contributed by atoms with van der Waals surface area (Å²) in [6.07, 6.45) is 1.48. The molecule has 2 heterocycles. The van der Waals surface area contributed by atoms with E-state index in [-0.39, 0.29) is 28.1 Å². The van der Waals surface area contributed by atoms with Gasteiger partial charge in [0.15, 0.2) is 0 Å². The largest absolute Gasteiger partial charge is 0.389 e. The summed E-state index contributed by atoms with van der Waals surface area (Å²) in [4.78, 5) is 5.28. The highest BCUT2D eigenvalue weighted by Crippen LogP contribution is 2.31. The van der Waals surface area contributed by atoms with Crippen LogP contribution in [0.3, 0.4) is 0 Å². The molecule has 8 heteroatoms. The molecule has 1 aliphatic rings. The maximum absolute atomic E-state index is 13.1. The van der Waals surface area contributed by atoms with Gasteiger partial charge < -0.3 is 4.84 Å². The molecule has 0 aromatic carbocycles. The Morgan fingerprint density at radius 2 is 2.13 bits per heavy atom. The lowest BCUT2D eigenvalue weighted by Crippen LogP contribution is -2.18. The lowest BCUT2D eigenvalue weighted by molar-refractivity contribution is 0.0123. The fourth-order valence-corrected chi connectivity index (χ4v) is 3.41. The molecule has 4 nitrogen and oxygen atoms in total. The first-order valence-corrected chi connectivity index (χ1v) is 8.68. The molecule has 0 aliphatic carbocycles. The van der Waals surface area contributed by atoms with Gasteiger partial charge in [-0.1, -0.05) is 28.9 Å². The minimum atomic E-state index is -2.66. The third-order valence-corrected chi connectivity index (χ3v) is 4.50. The molecule has 1 aromatic heterocycles. The number of halogens is 3. The second kappa shape index (κ2) is 7.21. The number of thioether (sulfide) groups is 1. The van der Waals surface area contributed by atoms with Crippen molar-refractivity contribution in [2.24, 2.45) is 5.16 Å². The van der Waals surface area contributed by atoms with Gasteiger partial charge in [-0.2, -0.15) is 5.10 Å². The van der Waals surface area contributed by atoms with E-state index in [2.05, 4.69) is 10.3 Å². The summed E-state index contributed by atoms with van der Waals surface area (Å²) in [5.41, 5.74) is -0.273. The molecule has 0 unspecified atom stereocenters. The molecule has 0 fully saturated rings. The van der Waals surface area contributed by atoms with Crippen LogP contribution in [0.1, 0.15) is 57.8 Å². The topological polar surface area (TPSA) is 39.4 Å². The van der Waals surface area contributed by atoms with E-state index in [0.717, 1.165) is 11.5 Å². The first-order chi connectivity index (χ1) is 10.7. The van der Waals surface area contributed by atoms with Crippen molar-refractivity contribution in [3.8, 4) is 0 Å². The van der Waals surface area contributed by atoms with Crippen LogP contribution in [0.4, 0.5) is 8.78 Å².